The first-order chi connectivity index (χ1) is 7.83. The average molecular weight is 240 g/mol. The Balaban J connectivity index is 0. The number of aliphatic hydroxyl groups excluding tert-OH is 2. The van der Waals surface area contributed by atoms with Gasteiger partial charge < -0.3 is 10.2 Å². The Labute approximate surface area is 106 Å². The average Bonchev–Trinajstić information content (AvgIpc) is 2.16. The van der Waals surface area contributed by atoms with Crippen molar-refractivity contribution in [1.29, 1.82) is 0 Å². The van der Waals surface area contributed by atoms with E-state index >= 15 is 0 Å². The van der Waals surface area contributed by atoms with Crippen molar-refractivity contribution in [2.45, 2.75) is 59.2 Å². The van der Waals surface area contributed by atoms with Gasteiger partial charge in [0.1, 0.15) is 0 Å². The fourth-order valence-electron chi connectivity index (χ4n) is 1.21. The molecule has 0 aromatic heterocycles. The smallest absolute Gasteiger partial charge is 0.0763 e. The molecule has 2 nitrogen and oxygen atoms in total. The van der Waals surface area contributed by atoms with Crippen LogP contribution in [0.5, 0.6) is 0 Å². The molecule has 0 spiro atoms. The molecule has 17 heavy (non-hydrogen) atoms. The van der Waals surface area contributed by atoms with Crippen LogP contribution < -0.4 is 0 Å². The number of hydrogen-bond donors (Lipinski definition) is 2. The van der Waals surface area contributed by atoms with E-state index in [9.17, 15) is 5.11 Å². The molecule has 100 valence electrons. The lowest BCUT2D eigenvalue weighted by molar-refractivity contribution is 0.183. The van der Waals surface area contributed by atoms with Crippen LogP contribution in [-0.2, 0) is 0 Å². The van der Waals surface area contributed by atoms with Gasteiger partial charge >= 0.3 is 0 Å². The van der Waals surface area contributed by atoms with E-state index in [4.69, 9.17) is 5.11 Å². The predicted molar refractivity (Wildman–Crippen MR) is 76.0 cm³/mol. The van der Waals surface area contributed by atoms with Crippen LogP contribution in [0.15, 0.2) is 36.5 Å². The van der Waals surface area contributed by atoms with Gasteiger partial charge in [-0.2, -0.15) is 0 Å². The summed E-state index contributed by atoms with van der Waals surface area (Å²) in [4.78, 5) is 0. The van der Waals surface area contributed by atoms with Crippen molar-refractivity contribution in [2.75, 3.05) is 0 Å². The lowest BCUT2D eigenvalue weighted by Crippen LogP contribution is -2.02. The van der Waals surface area contributed by atoms with Gasteiger partial charge in [0.15, 0.2) is 0 Å². The lowest BCUT2D eigenvalue weighted by atomic mass is 10.1. The highest BCUT2D eigenvalue weighted by molar-refractivity contribution is 5.14. The van der Waals surface area contributed by atoms with Crippen molar-refractivity contribution < 1.29 is 10.2 Å². The van der Waals surface area contributed by atoms with E-state index in [0.29, 0.717) is 6.42 Å². The summed E-state index contributed by atoms with van der Waals surface area (Å²) in [7, 11) is 0. The summed E-state index contributed by atoms with van der Waals surface area (Å²) < 4.78 is 0. The largest absolute Gasteiger partial charge is 0.393 e. The third kappa shape index (κ3) is 17.7. The Morgan fingerprint density at radius 1 is 1.29 bits per heavy atom. The van der Waals surface area contributed by atoms with Crippen LogP contribution in [-0.4, -0.2) is 22.4 Å². The van der Waals surface area contributed by atoms with E-state index in [0.717, 1.165) is 24.0 Å². The first-order valence-corrected chi connectivity index (χ1v) is 6.14. The van der Waals surface area contributed by atoms with Crippen LogP contribution >= 0.6 is 0 Å². The molecule has 0 rings (SSSR count). The molecule has 2 heteroatoms. The second-order valence-corrected chi connectivity index (χ2v) is 4.52. The molecular weight excluding hydrogens is 212 g/mol. The van der Waals surface area contributed by atoms with E-state index in [1.54, 1.807) is 6.08 Å². The normalized spacial score (nSPS) is 12.8. The van der Waals surface area contributed by atoms with Gasteiger partial charge in [-0.3, -0.25) is 0 Å². The highest BCUT2D eigenvalue weighted by atomic mass is 16.3. The van der Waals surface area contributed by atoms with Crippen molar-refractivity contribution in [2.24, 2.45) is 0 Å². The molecule has 0 amide bonds. The maximum Gasteiger partial charge on any atom is 0.0763 e. The van der Waals surface area contributed by atoms with E-state index in [2.05, 4.69) is 20.1 Å². The molecule has 1 unspecified atom stereocenters. The minimum Gasteiger partial charge on any atom is -0.393 e. The summed E-state index contributed by atoms with van der Waals surface area (Å²) >= 11 is 0. The number of hydrogen-bond acceptors (Lipinski definition) is 2. The molecule has 0 saturated heterocycles. The SMILES string of the molecule is C=CC(=C)C[C@H](O)C=C(C)C.CCCC(C)O. The summed E-state index contributed by atoms with van der Waals surface area (Å²) in [6.07, 6.45) is 5.56. The molecular formula is C15H28O2. The summed E-state index contributed by atoms with van der Waals surface area (Å²) in [5, 5.41) is 17.9. The zero-order valence-electron chi connectivity index (χ0n) is 11.7. The van der Waals surface area contributed by atoms with Gasteiger partial charge in [0.05, 0.1) is 12.2 Å². The summed E-state index contributed by atoms with van der Waals surface area (Å²) in [6, 6.07) is 0. The minimum atomic E-state index is -0.412. The van der Waals surface area contributed by atoms with Crippen LogP contribution in [0, 0.1) is 0 Å². The molecule has 0 radical (unpaired) electrons. The summed E-state index contributed by atoms with van der Waals surface area (Å²) in [5.74, 6) is 0. The standard InChI is InChI=1S/C10H16O.C5H12O/c1-5-9(4)7-10(11)6-8(2)3;1-3-4-5(2)6/h5-6,10-11H,1,4,7H2,2-3H3;5-6H,3-4H2,1-2H3/t10-;/m1./s1. The molecule has 0 aromatic rings. The molecule has 0 aliphatic heterocycles. The molecule has 0 aliphatic carbocycles. The second kappa shape index (κ2) is 11.6. The predicted octanol–water partition coefficient (Wildman–Crippen LogP) is 3.61. The van der Waals surface area contributed by atoms with Gasteiger partial charge in [-0.05, 0) is 27.2 Å². The lowest BCUT2D eigenvalue weighted by Gasteiger charge is -2.05. The fourth-order valence-corrected chi connectivity index (χ4v) is 1.21. The third-order valence-electron chi connectivity index (χ3n) is 1.99. The van der Waals surface area contributed by atoms with E-state index in [1.807, 2.05) is 26.8 Å². The van der Waals surface area contributed by atoms with Crippen LogP contribution in [0.3, 0.4) is 0 Å². The first kappa shape index (κ1) is 18.5. The number of aliphatic hydroxyl groups is 2. The highest BCUT2D eigenvalue weighted by Crippen LogP contribution is 2.06. The molecule has 2 atom stereocenters. The highest BCUT2D eigenvalue weighted by Gasteiger charge is 1.99. The van der Waals surface area contributed by atoms with Crippen molar-refractivity contribution in [3.05, 3.63) is 36.5 Å². The third-order valence-corrected chi connectivity index (χ3v) is 1.99. The van der Waals surface area contributed by atoms with Gasteiger partial charge in [-0.25, -0.2) is 0 Å². The van der Waals surface area contributed by atoms with Gasteiger partial charge in [0.25, 0.3) is 0 Å². The number of rotatable bonds is 6. The molecule has 0 fully saturated rings. The quantitative estimate of drug-likeness (QED) is 0.550. The zero-order valence-corrected chi connectivity index (χ0v) is 11.7. The monoisotopic (exact) mass is 240 g/mol. The van der Waals surface area contributed by atoms with Crippen molar-refractivity contribution >= 4 is 0 Å². The van der Waals surface area contributed by atoms with Crippen LogP contribution in [0.2, 0.25) is 0 Å². The van der Waals surface area contributed by atoms with E-state index < -0.39 is 6.10 Å². The molecule has 0 aromatic carbocycles. The van der Waals surface area contributed by atoms with Crippen LogP contribution in [0.25, 0.3) is 0 Å². The zero-order chi connectivity index (χ0) is 13.8. The fraction of sp³-hybridized carbons (Fsp3) is 0.600. The molecule has 0 saturated carbocycles. The molecule has 0 bridgehead atoms. The summed E-state index contributed by atoms with van der Waals surface area (Å²) in [5.41, 5.74) is 1.99. The Morgan fingerprint density at radius 2 is 1.82 bits per heavy atom. The Kier molecular flexibility index (Phi) is 12.6. The molecule has 0 heterocycles. The topological polar surface area (TPSA) is 40.5 Å². The molecule has 2 N–H and O–H groups in total. The first-order valence-electron chi connectivity index (χ1n) is 6.14. The van der Waals surface area contributed by atoms with E-state index in [-0.39, 0.29) is 6.10 Å². The number of allylic oxidation sites excluding steroid dienone is 2. The van der Waals surface area contributed by atoms with Crippen LogP contribution in [0.4, 0.5) is 0 Å². The van der Waals surface area contributed by atoms with E-state index in [1.165, 1.54) is 0 Å². The van der Waals surface area contributed by atoms with Gasteiger partial charge in [0.2, 0.25) is 0 Å². The van der Waals surface area contributed by atoms with Crippen molar-refractivity contribution in [3.63, 3.8) is 0 Å². The van der Waals surface area contributed by atoms with Gasteiger partial charge in [-0.1, -0.05) is 49.8 Å². The Hall–Kier alpha value is -0.860. The van der Waals surface area contributed by atoms with Gasteiger partial charge in [0, 0.05) is 6.42 Å². The maximum absolute atomic E-state index is 9.34. The second-order valence-electron chi connectivity index (χ2n) is 4.52. The van der Waals surface area contributed by atoms with Gasteiger partial charge in [-0.15, -0.1) is 0 Å². The molecule has 0 aliphatic rings. The Bertz CT molecular complexity index is 235. The summed E-state index contributed by atoms with van der Waals surface area (Å²) in [6.45, 7) is 15.1. The Morgan fingerprint density at radius 3 is 2.06 bits per heavy atom. The van der Waals surface area contributed by atoms with Crippen molar-refractivity contribution in [3.8, 4) is 0 Å². The maximum atomic E-state index is 9.34. The minimum absolute atomic E-state index is 0.102. The van der Waals surface area contributed by atoms with Crippen LogP contribution in [0.1, 0.15) is 47.0 Å². The van der Waals surface area contributed by atoms with Crippen molar-refractivity contribution in [1.82, 2.24) is 0 Å².